The molecule has 186 valence electrons. The topological polar surface area (TPSA) is 204 Å². The monoisotopic (exact) mass is 475 g/mol. The van der Waals surface area contributed by atoms with Gasteiger partial charge in [-0.15, -0.1) is 0 Å². The third-order valence-electron chi connectivity index (χ3n) is 2.50. The lowest BCUT2D eigenvalue weighted by atomic mass is 10.1. The summed E-state index contributed by atoms with van der Waals surface area (Å²) >= 11 is 0. The summed E-state index contributed by atoms with van der Waals surface area (Å²) in [7, 11) is 0. The molecule has 0 saturated heterocycles. The standard InChI is InChI=1S/C14H17NO6.3C2H4O2/c1-8-14(21-11(4)18)13(7-20-10(3)17)12(5-15-8)6-19-9(2)16;3*1-2(3)4/h5H,6-7H2,1-4H3;3*1H3,(H,3,4). The average molecular weight is 475 g/mol. The first-order valence-corrected chi connectivity index (χ1v) is 9.02. The Morgan fingerprint density at radius 3 is 1.42 bits per heavy atom. The molecule has 0 aliphatic heterocycles. The van der Waals surface area contributed by atoms with E-state index in [9.17, 15) is 14.4 Å². The molecule has 1 aromatic heterocycles. The largest absolute Gasteiger partial charge is 0.481 e. The number of carbonyl (C=O) groups excluding carboxylic acids is 3. The minimum Gasteiger partial charge on any atom is -0.481 e. The zero-order chi connectivity index (χ0) is 26.7. The van der Waals surface area contributed by atoms with Crippen LogP contribution in [0.3, 0.4) is 0 Å². The second-order valence-corrected chi connectivity index (χ2v) is 5.89. The van der Waals surface area contributed by atoms with Gasteiger partial charge < -0.3 is 29.5 Å². The molecule has 0 aliphatic carbocycles. The number of carboxylic acid groups (broad SMARTS) is 3. The lowest BCUT2D eigenvalue weighted by molar-refractivity contribution is -0.144. The van der Waals surface area contributed by atoms with Gasteiger partial charge in [-0.2, -0.15) is 0 Å². The number of hydrogen-bond acceptors (Lipinski definition) is 10. The molecular weight excluding hydrogens is 446 g/mol. The molecule has 0 amide bonds. The van der Waals surface area contributed by atoms with Crippen LogP contribution < -0.4 is 4.74 Å². The van der Waals surface area contributed by atoms with Gasteiger partial charge in [0.2, 0.25) is 0 Å². The van der Waals surface area contributed by atoms with Crippen molar-refractivity contribution >= 4 is 35.8 Å². The highest BCUT2D eigenvalue weighted by atomic mass is 16.5. The van der Waals surface area contributed by atoms with Crippen LogP contribution in [-0.4, -0.2) is 56.1 Å². The zero-order valence-electron chi connectivity index (χ0n) is 19.5. The number of rotatable bonds is 5. The second kappa shape index (κ2) is 18.7. The molecule has 0 spiro atoms. The van der Waals surface area contributed by atoms with E-state index in [4.69, 9.17) is 43.9 Å². The van der Waals surface area contributed by atoms with Crippen LogP contribution >= 0.6 is 0 Å². The molecule has 0 aromatic carbocycles. The molecule has 0 bridgehead atoms. The van der Waals surface area contributed by atoms with Gasteiger partial charge in [0.25, 0.3) is 17.9 Å². The zero-order valence-corrected chi connectivity index (χ0v) is 19.5. The summed E-state index contributed by atoms with van der Waals surface area (Å²) in [4.78, 5) is 64.2. The van der Waals surface area contributed by atoms with E-state index in [2.05, 4.69) is 4.98 Å². The third-order valence-corrected chi connectivity index (χ3v) is 2.50. The number of carbonyl (C=O) groups is 6. The van der Waals surface area contributed by atoms with Gasteiger partial charge in [0.05, 0.1) is 5.69 Å². The summed E-state index contributed by atoms with van der Waals surface area (Å²) in [5, 5.41) is 22.2. The van der Waals surface area contributed by atoms with E-state index in [0.717, 1.165) is 20.8 Å². The maximum absolute atomic E-state index is 11.2. The summed E-state index contributed by atoms with van der Waals surface area (Å²) in [6.07, 6.45) is 1.49. The first kappa shape index (κ1) is 33.6. The Labute approximate surface area is 190 Å². The molecule has 1 rings (SSSR count). The number of hydrogen-bond donors (Lipinski definition) is 3. The Morgan fingerprint density at radius 2 is 1.09 bits per heavy atom. The fourth-order valence-corrected chi connectivity index (χ4v) is 1.59. The molecule has 33 heavy (non-hydrogen) atoms. The Morgan fingerprint density at radius 1 is 0.727 bits per heavy atom. The molecule has 13 nitrogen and oxygen atoms in total. The van der Waals surface area contributed by atoms with E-state index in [1.165, 1.54) is 27.0 Å². The van der Waals surface area contributed by atoms with Crippen LogP contribution in [0.5, 0.6) is 5.75 Å². The van der Waals surface area contributed by atoms with E-state index in [-0.39, 0.29) is 19.0 Å². The molecule has 0 radical (unpaired) electrons. The van der Waals surface area contributed by atoms with Crippen LogP contribution in [0, 0.1) is 6.92 Å². The maximum atomic E-state index is 11.2. The molecule has 0 aliphatic rings. The number of pyridine rings is 1. The van der Waals surface area contributed by atoms with Crippen LogP contribution in [0.15, 0.2) is 6.20 Å². The SMILES string of the molecule is CC(=O)O.CC(=O)O.CC(=O)O.CC(=O)OCc1cnc(C)c(OC(C)=O)c1COC(C)=O. The van der Waals surface area contributed by atoms with E-state index < -0.39 is 35.8 Å². The number of esters is 3. The first-order chi connectivity index (χ1) is 15.0. The highest BCUT2D eigenvalue weighted by Crippen LogP contribution is 2.27. The van der Waals surface area contributed by atoms with Crippen molar-refractivity contribution in [1.82, 2.24) is 4.98 Å². The summed E-state index contributed by atoms with van der Waals surface area (Å²) in [6, 6.07) is 0. The van der Waals surface area contributed by atoms with Crippen molar-refractivity contribution in [2.24, 2.45) is 0 Å². The molecule has 0 saturated carbocycles. The smallest absolute Gasteiger partial charge is 0.308 e. The molecular formula is C20H29NO12. The maximum Gasteiger partial charge on any atom is 0.308 e. The van der Waals surface area contributed by atoms with Crippen LogP contribution in [0.1, 0.15) is 58.4 Å². The highest BCUT2D eigenvalue weighted by molar-refractivity contribution is 5.71. The highest BCUT2D eigenvalue weighted by Gasteiger charge is 2.17. The van der Waals surface area contributed by atoms with Crippen molar-refractivity contribution < 1.29 is 58.3 Å². The van der Waals surface area contributed by atoms with Gasteiger partial charge in [0.1, 0.15) is 13.2 Å². The average Bonchev–Trinajstić information content (AvgIpc) is 2.59. The second-order valence-electron chi connectivity index (χ2n) is 5.89. The van der Waals surface area contributed by atoms with Gasteiger partial charge >= 0.3 is 17.9 Å². The van der Waals surface area contributed by atoms with Crippen molar-refractivity contribution in [3.63, 3.8) is 0 Å². The van der Waals surface area contributed by atoms with E-state index in [0.29, 0.717) is 16.8 Å². The summed E-state index contributed by atoms with van der Waals surface area (Å²) in [6.45, 7) is 8.57. The Bertz CT molecular complexity index is 792. The number of aryl methyl sites for hydroxylation is 1. The van der Waals surface area contributed by atoms with Crippen LogP contribution in [-0.2, 0) is 51.5 Å². The number of ether oxygens (including phenoxy) is 3. The summed E-state index contributed by atoms with van der Waals surface area (Å²) in [5.41, 5.74) is 1.43. The van der Waals surface area contributed by atoms with Crippen molar-refractivity contribution in [3.8, 4) is 5.75 Å². The number of aromatic nitrogens is 1. The van der Waals surface area contributed by atoms with Crippen molar-refractivity contribution in [3.05, 3.63) is 23.0 Å². The van der Waals surface area contributed by atoms with Gasteiger partial charge in [-0.05, 0) is 6.92 Å². The van der Waals surface area contributed by atoms with E-state index in [1.807, 2.05) is 0 Å². The lowest BCUT2D eigenvalue weighted by Gasteiger charge is -2.15. The Balaban J connectivity index is -0.000000618. The van der Waals surface area contributed by atoms with E-state index in [1.54, 1.807) is 6.92 Å². The van der Waals surface area contributed by atoms with Crippen LogP contribution in [0.4, 0.5) is 0 Å². The third kappa shape index (κ3) is 25.9. The van der Waals surface area contributed by atoms with Gasteiger partial charge in [-0.3, -0.25) is 33.8 Å². The number of carboxylic acids is 3. The Kier molecular flexibility index (Phi) is 19.1. The minimum absolute atomic E-state index is 0.0481. The van der Waals surface area contributed by atoms with Crippen LogP contribution in [0.2, 0.25) is 0 Å². The fraction of sp³-hybridized carbons (Fsp3) is 0.450. The summed E-state index contributed by atoms with van der Waals surface area (Å²) < 4.78 is 15.0. The predicted molar refractivity (Wildman–Crippen MR) is 111 cm³/mol. The van der Waals surface area contributed by atoms with Crippen molar-refractivity contribution in [2.45, 2.75) is 61.7 Å². The van der Waals surface area contributed by atoms with Gasteiger partial charge in [0.15, 0.2) is 5.75 Å². The minimum atomic E-state index is -0.833. The molecule has 13 heteroatoms. The van der Waals surface area contributed by atoms with Crippen LogP contribution in [0.25, 0.3) is 0 Å². The number of aliphatic carboxylic acids is 3. The van der Waals surface area contributed by atoms with E-state index >= 15 is 0 Å². The molecule has 0 atom stereocenters. The van der Waals surface area contributed by atoms with Gasteiger partial charge in [-0.25, -0.2) is 0 Å². The van der Waals surface area contributed by atoms with Crippen molar-refractivity contribution in [2.75, 3.05) is 0 Å². The normalized spacial score (nSPS) is 8.58. The first-order valence-electron chi connectivity index (χ1n) is 9.02. The quantitative estimate of drug-likeness (QED) is 0.519. The molecule has 0 unspecified atom stereocenters. The lowest BCUT2D eigenvalue weighted by Crippen LogP contribution is -2.12. The summed E-state index contributed by atoms with van der Waals surface area (Å²) in [5.74, 6) is -3.73. The van der Waals surface area contributed by atoms with Crippen molar-refractivity contribution in [1.29, 1.82) is 0 Å². The fourth-order valence-electron chi connectivity index (χ4n) is 1.59. The van der Waals surface area contributed by atoms with Gasteiger partial charge in [-0.1, -0.05) is 0 Å². The molecule has 1 heterocycles. The Hall–Kier alpha value is -4.03. The molecule has 3 N–H and O–H groups in total. The molecule has 0 fully saturated rings. The number of nitrogens with zero attached hydrogens (tertiary/aromatic N) is 1. The molecule has 1 aromatic rings. The predicted octanol–water partition coefficient (Wildman–Crippen LogP) is 1.71. The van der Waals surface area contributed by atoms with Gasteiger partial charge in [0, 0.05) is 58.9 Å².